The lowest BCUT2D eigenvalue weighted by Gasteiger charge is -2.15. The first kappa shape index (κ1) is 12.8. The molecule has 0 fully saturated rings. The molecule has 0 saturated heterocycles. The van der Waals surface area contributed by atoms with Crippen molar-refractivity contribution in [2.24, 2.45) is 0 Å². The molecular formula is C10H7BrF3NO. The highest BCUT2D eigenvalue weighted by Gasteiger charge is 2.37. The number of hydrogen-bond acceptors (Lipinski definition) is 2. The van der Waals surface area contributed by atoms with Gasteiger partial charge in [0.25, 0.3) is 0 Å². The minimum Gasteiger partial charge on any atom is -0.496 e. The van der Waals surface area contributed by atoms with Crippen molar-refractivity contribution < 1.29 is 17.9 Å². The first-order valence-electron chi connectivity index (χ1n) is 4.21. The van der Waals surface area contributed by atoms with Crippen LogP contribution in [-0.2, 0) is 12.6 Å². The molecule has 0 bridgehead atoms. The molecule has 86 valence electrons. The zero-order valence-corrected chi connectivity index (χ0v) is 9.82. The Morgan fingerprint density at radius 2 is 2.06 bits per heavy atom. The Bertz CT molecular complexity index is 437. The van der Waals surface area contributed by atoms with Gasteiger partial charge in [-0.3, -0.25) is 0 Å². The van der Waals surface area contributed by atoms with E-state index in [-0.39, 0.29) is 22.2 Å². The van der Waals surface area contributed by atoms with Gasteiger partial charge in [-0.15, -0.1) is 0 Å². The molecule has 0 atom stereocenters. The van der Waals surface area contributed by atoms with E-state index in [0.717, 1.165) is 0 Å². The maximum Gasteiger partial charge on any atom is 0.417 e. The lowest BCUT2D eigenvalue weighted by Crippen LogP contribution is -2.11. The Kier molecular flexibility index (Phi) is 3.81. The van der Waals surface area contributed by atoms with Gasteiger partial charge in [-0.25, -0.2) is 0 Å². The third-order valence-electron chi connectivity index (χ3n) is 1.98. The molecule has 0 saturated carbocycles. The Morgan fingerprint density at radius 3 is 2.50 bits per heavy atom. The van der Waals surface area contributed by atoms with Crippen molar-refractivity contribution in [3.8, 4) is 11.8 Å². The third-order valence-corrected chi connectivity index (χ3v) is 2.64. The highest BCUT2D eigenvalue weighted by molar-refractivity contribution is 9.10. The minimum absolute atomic E-state index is 0.0667. The molecule has 2 nitrogen and oxygen atoms in total. The first-order valence-corrected chi connectivity index (χ1v) is 5.00. The number of hydrogen-bond donors (Lipinski definition) is 0. The van der Waals surface area contributed by atoms with Crippen LogP contribution in [0.2, 0.25) is 0 Å². The molecule has 0 aliphatic rings. The van der Waals surface area contributed by atoms with E-state index < -0.39 is 11.7 Å². The van der Waals surface area contributed by atoms with E-state index in [4.69, 9.17) is 10.00 Å². The fraction of sp³-hybridized carbons (Fsp3) is 0.300. The summed E-state index contributed by atoms with van der Waals surface area (Å²) >= 11 is 2.83. The van der Waals surface area contributed by atoms with Crippen LogP contribution in [0.5, 0.6) is 5.75 Å². The van der Waals surface area contributed by atoms with Crippen LogP contribution in [-0.4, -0.2) is 7.11 Å². The van der Waals surface area contributed by atoms with E-state index in [2.05, 4.69) is 15.9 Å². The predicted octanol–water partition coefficient (Wildman–Crippen LogP) is 3.54. The molecule has 1 rings (SSSR count). The summed E-state index contributed by atoms with van der Waals surface area (Å²) < 4.78 is 43.0. The summed E-state index contributed by atoms with van der Waals surface area (Å²) in [6.07, 6.45) is -4.86. The predicted molar refractivity (Wildman–Crippen MR) is 55.0 cm³/mol. The molecule has 0 aromatic heterocycles. The van der Waals surface area contributed by atoms with Crippen LogP contribution >= 0.6 is 15.9 Å². The maximum atomic E-state index is 12.8. The molecule has 16 heavy (non-hydrogen) atoms. The molecule has 1 aromatic carbocycles. The average molecular weight is 294 g/mol. The number of ether oxygens (including phenoxy) is 1. The molecule has 0 aliphatic carbocycles. The van der Waals surface area contributed by atoms with Crippen LogP contribution in [0, 0.1) is 11.3 Å². The average Bonchev–Trinajstić information content (AvgIpc) is 2.16. The number of alkyl halides is 3. The van der Waals surface area contributed by atoms with Crippen LogP contribution in [0.1, 0.15) is 11.1 Å². The van der Waals surface area contributed by atoms with Gasteiger partial charge in [0.15, 0.2) is 0 Å². The number of halogens is 4. The topological polar surface area (TPSA) is 33.0 Å². The van der Waals surface area contributed by atoms with Crippen LogP contribution < -0.4 is 4.74 Å². The molecule has 0 amide bonds. The molecule has 0 N–H and O–H groups in total. The van der Waals surface area contributed by atoms with Gasteiger partial charge in [0, 0.05) is 10.0 Å². The Morgan fingerprint density at radius 1 is 1.44 bits per heavy atom. The standard InChI is InChI=1S/C10H7BrF3NO/c1-16-8-3-2-7(11)9(10(12,13)14)6(8)4-5-15/h2-3H,4H2,1H3. The fourth-order valence-corrected chi connectivity index (χ4v) is 1.95. The zero-order valence-electron chi connectivity index (χ0n) is 8.23. The van der Waals surface area contributed by atoms with Gasteiger partial charge < -0.3 is 4.74 Å². The highest BCUT2D eigenvalue weighted by atomic mass is 79.9. The number of methoxy groups -OCH3 is 1. The van der Waals surface area contributed by atoms with Crippen molar-refractivity contribution in [3.05, 3.63) is 27.7 Å². The molecule has 6 heteroatoms. The number of nitrogens with zero attached hydrogens (tertiary/aromatic N) is 1. The summed E-state index contributed by atoms with van der Waals surface area (Å²) in [5.41, 5.74) is -1.000. The van der Waals surface area contributed by atoms with E-state index in [1.54, 1.807) is 6.07 Å². The van der Waals surface area contributed by atoms with Gasteiger partial charge in [0.1, 0.15) is 5.75 Å². The summed E-state index contributed by atoms with van der Waals surface area (Å²) in [6, 6.07) is 4.34. The fourth-order valence-electron chi connectivity index (χ4n) is 1.35. The second-order valence-electron chi connectivity index (χ2n) is 2.94. The van der Waals surface area contributed by atoms with Gasteiger partial charge in [-0.05, 0) is 12.1 Å². The third kappa shape index (κ3) is 2.47. The monoisotopic (exact) mass is 293 g/mol. The minimum atomic E-state index is -4.51. The van der Waals surface area contributed by atoms with E-state index >= 15 is 0 Å². The van der Waals surface area contributed by atoms with Crippen molar-refractivity contribution in [3.63, 3.8) is 0 Å². The van der Waals surface area contributed by atoms with Gasteiger partial charge in [0.05, 0.1) is 25.2 Å². The van der Waals surface area contributed by atoms with Crippen molar-refractivity contribution in [1.82, 2.24) is 0 Å². The number of nitriles is 1. The van der Waals surface area contributed by atoms with Gasteiger partial charge in [-0.2, -0.15) is 18.4 Å². The van der Waals surface area contributed by atoms with Gasteiger partial charge in [-0.1, -0.05) is 15.9 Å². The molecule has 0 spiro atoms. The smallest absolute Gasteiger partial charge is 0.417 e. The van der Waals surface area contributed by atoms with Crippen molar-refractivity contribution in [1.29, 1.82) is 5.26 Å². The lowest BCUT2D eigenvalue weighted by molar-refractivity contribution is -0.138. The normalized spacial score (nSPS) is 11.0. The summed E-state index contributed by atoms with van der Waals surface area (Å²) in [5.74, 6) is 0.0667. The largest absolute Gasteiger partial charge is 0.496 e. The van der Waals surface area contributed by atoms with Crippen molar-refractivity contribution in [2.45, 2.75) is 12.6 Å². The van der Waals surface area contributed by atoms with E-state index in [1.807, 2.05) is 0 Å². The SMILES string of the molecule is COc1ccc(Br)c(C(F)(F)F)c1CC#N. The summed E-state index contributed by atoms with van der Waals surface area (Å²) in [4.78, 5) is 0. The molecular weight excluding hydrogens is 287 g/mol. The summed E-state index contributed by atoms with van der Waals surface area (Å²) in [5, 5.41) is 8.53. The molecule has 0 radical (unpaired) electrons. The van der Waals surface area contributed by atoms with Gasteiger partial charge in [0.2, 0.25) is 0 Å². The summed E-state index contributed by atoms with van der Waals surface area (Å²) in [6.45, 7) is 0. The van der Waals surface area contributed by atoms with E-state index in [9.17, 15) is 13.2 Å². The Hall–Kier alpha value is -1.22. The quantitative estimate of drug-likeness (QED) is 0.835. The highest BCUT2D eigenvalue weighted by Crippen LogP contribution is 2.40. The zero-order chi connectivity index (χ0) is 12.3. The van der Waals surface area contributed by atoms with Crippen LogP contribution in [0.3, 0.4) is 0 Å². The van der Waals surface area contributed by atoms with Crippen molar-refractivity contribution >= 4 is 15.9 Å². The van der Waals surface area contributed by atoms with E-state index in [0.29, 0.717) is 0 Å². The molecule has 0 unspecified atom stereocenters. The van der Waals surface area contributed by atoms with E-state index in [1.165, 1.54) is 19.2 Å². The Labute approximate surface area is 98.8 Å². The first-order chi connectivity index (χ1) is 7.41. The van der Waals surface area contributed by atoms with Gasteiger partial charge >= 0.3 is 6.18 Å². The second-order valence-corrected chi connectivity index (χ2v) is 3.79. The Balaban J connectivity index is 3.49. The van der Waals surface area contributed by atoms with Crippen LogP contribution in [0.4, 0.5) is 13.2 Å². The maximum absolute atomic E-state index is 12.8. The number of rotatable bonds is 2. The summed E-state index contributed by atoms with van der Waals surface area (Å²) in [7, 11) is 1.27. The molecule has 0 aliphatic heterocycles. The van der Waals surface area contributed by atoms with Crippen LogP contribution in [0.25, 0.3) is 0 Å². The molecule has 0 heterocycles. The number of benzene rings is 1. The lowest BCUT2D eigenvalue weighted by atomic mass is 10.0. The molecule has 1 aromatic rings. The van der Waals surface area contributed by atoms with Crippen molar-refractivity contribution in [2.75, 3.05) is 7.11 Å². The van der Waals surface area contributed by atoms with Crippen LogP contribution in [0.15, 0.2) is 16.6 Å². The second kappa shape index (κ2) is 4.74.